The topological polar surface area (TPSA) is 96.0 Å². The van der Waals surface area contributed by atoms with Crippen molar-refractivity contribution in [1.29, 1.82) is 0 Å². The third kappa shape index (κ3) is 9.34. The number of nitrogens with one attached hydrogen (secondary N) is 1. The molecule has 1 N–H and O–H groups in total. The van der Waals surface area contributed by atoms with E-state index in [9.17, 15) is 18.0 Å². The Morgan fingerprint density at radius 1 is 0.826 bits per heavy atom. The number of benzene rings is 4. The molecule has 0 unspecified atom stereocenters. The van der Waals surface area contributed by atoms with E-state index in [-0.39, 0.29) is 29.7 Å². The molecule has 4 aromatic rings. The molecule has 0 radical (unpaired) electrons. The first kappa shape index (κ1) is 34.5. The molecule has 1 atom stereocenters. The summed E-state index contributed by atoms with van der Waals surface area (Å²) in [6.45, 7) is 6.23. The highest BCUT2D eigenvalue weighted by atomic mass is 35.5. The Labute approximate surface area is 277 Å². The molecule has 0 aliphatic rings. The van der Waals surface area contributed by atoms with Gasteiger partial charge >= 0.3 is 0 Å². The molecule has 242 valence electrons. The lowest BCUT2D eigenvalue weighted by molar-refractivity contribution is -0.140. The van der Waals surface area contributed by atoms with Crippen LogP contribution in [0.5, 0.6) is 5.75 Å². The van der Waals surface area contributed by atoms with Gasteiger partial charge < -0.3 is 15.0 Å². The molecule has 0 heterocycles. The fourth-order valence-electron chi connectivity index (χ4n) is 4.89. The van der Waals surface area contributed by atoms with Crippen molar-refractivity contribution < 1.29 is 22.7 Å². The normalized spacial score (nSPS) is 11.9. The third-order valence-corrected chi connectivity index (χ3v) is 9.31. The average Bonchev–Trinajstić information content (AvgIpc) is 3.06. The molecule has 4 rings (SSSR count). The van der Waals surface area contributed by atoms with Gasteiger partial charge in [0, 0.05) is 24.5 Å². The van der Waals surface area contributed by atoms with E-state index in [1.165, 1.54) is 17.0 Å². The SMILES string of the molecule is CCOc1ccc(S(=O)(=O)N(CC(=O)N(Cc2ccc(Cl)cc2)[C@@H](Cc2ccccc2)C(=O)NCC(C)C)c2ccccc2)cc1. The van der Waals surface area contributed by atoms with Gasteiger partial charge in [0.15, 0.2) is 0 Å². The first-order valence-corrected chi connectivity index (χ1v) is 17.1. The zero-order chi connectivity index (χ0) is 33.1. The lowest BCUT2D eigenvalue weighted by Gasteiger charge is -2.34. The number of nitrogens with zero attached hydrogens (tertiary/aromatic N) is 2. The van der Waals surface area contributed by atoms with Crippen LogP contribution >= 0.6 is 11.6 Å². The van der Waals surface area contributed by atoms with E-state index in [0.29, 0.717) is 29.6 Å². The molecule has 8 nitrogen and oxygen atoms in total. The maximum absolute atomic E-state index is 14.5. The molecule has 10 heteroatoms. The number of ether oxygens (including phenoxy) is 1. The smallest absolute Gasteiger partial charge is 0.264 e. The fraction of sp³-hybridized carbons (Fsp3) is 0.278. The van der Waals surface area contributed by atoms with Crippen LogP contribution in [0.1, 0.15) is 31.9 Å². The standard InChI is InChI=1S/C36H40ClN3O5S/c1-4-45-32-19-21-33(22-20-32)46(43,44)40(31-13-9-6-10-14-31)26-35(41)39(25-29-15-17-30(37)18-16-29)34(36(42)38-24-27(2)3)23-28-11-7-5-8-12-28/h5-22,27,34H,4,23-26H2,1-3H3,(H,38,42)/t34-/m0/s1. The van der Waals surface area contributed by atoms with Crippen molar-refractivity contribution in [2.24, 2.45) is 5.92 Å². The molecule has 0 aromatic heterocycles. The van der Waals surface area contributed by atoms with Crippen LogP contribution in [0.25, 0.3) is 0 Å². The summed E-state index contributed by atoms with van der Waals surface area (Å²) >= 11 is 6.15. The Kier molecular flexibility index (Phi) is 12.2. The summed E-state index contributed by atoms with van der Waals surface area (Å²) in [5, 5.41) is 3.53. The Bertz CT molecular complexity index is 1670. The number of para-hydroxylation sites is 1. The molecule has 0 aliphatic carbocycles. The van der Waals surface area contributed by atoms with Gasteiger partial charge in [-0.2, -0.15) is 0 Å². The van der Waals surface area contributed by atoms with E-state index in [2.05, 4.69) is 5.32 Å². The van der Waals surface area contributed by atoms with Gasteiger partial charge in [-0.05, 0) is 72.5 Å². The van der Waals surface area contributed by atoms with E-state index in [1.807, 2.05) is 51.1 Å². The Morgan fingerprint density at radius 3 is 2.02 bits per heavy atom. The number of sulfonamides is 1. The van der Waals surface area contributed by atoms with Gasteiger partial charge in [0.25, 0.3) is 10.0 Å². The molecule has 4 aromatic carbocycles. The molecule has 2 amide bonds. The summed E-state index contributed by atoms with van der Waals surface area (Å²) < 4.78 is 34.9. The maximum atomic E-state index is 14.5. The van der Waals surface area contributed by atoms with Crippen molar-refractivity contribution in [2.75, 3.05) is 24.0 Å². The van der Waals surface area contributed by atoms with Crippen LogP contribution in [-0.2, 0) is 32.6 Å². The zero-order valence-corrected chi connectivity index (χ0v) is 27.9. The monoisotopic (exact) mass is 661 g/mol. The van der Waals surface area contributed by atoms with Crippen LogP contribution in [0, 0.1) is 5.92 Å². The lowest BCUT2D eigenvalue weighted by atomic mass is 10.0. The quantitative estimate of drug-likeness (QED) is 0.160. The predicted octanol–water partition coefficient (Wildman–Crippen LogP) is 6.35. The van der Waals surface area contributed by atoms with Crippen LogP contribution in [0.4, 0.5) is 5.69 Å². The van der Waals surface area contributed by atoms with E-state index < -0.39 is 28.5 Å². The summed E-state index contributed by atoms with van der Waals surface area (Å²) in [5.74, 6) is -0.127. The van der Waals surface area contributed by atoms with Crippen molar-refractivity contribution >= 4 is 39.1 Å². The van der Waals surface area contributed by atoms with Gasteiger partial charge in [-0.3, -0.25) is 13.9 Å². The van der Waals surface area contributed by atoms with Crippen LogP contribution in [0.3, 0.4) is 0 Å². The Balaban J connectivity index is 1.76. The molecule has 0 spiro atoms. The minimum Gasteiger partial charge on any atom is -0.494 e. The highest BCUT2D eigenvalue weighted by molar-refractivity contribution is 7.92. The molecule has 46 heavy (non-hydrogen) atoms. The van der Waals surface area contributed by atoms with E-state index in [4.69, 9.17) is 16.3 Å². The molecule has 0 saturated carbocycles. The Morgan fingerprint density at radius 2 is 1.43 bits per heavy atom. The number of hydrogen-bond acceptors (Lipinski definition) is 5. The van der Waals surface area contributed by atoms with Gasteiger partial charge in [0.1, 0.15) is 18.3 Å². The van der Waals surface area contributed by atoms with E-state index in [0.717, 1.165) is 15.4 Å². The fourth-order valence-corrected chi connectivity index (χ4v) is 6.43. The number of rotatable bonds is 15. The second-order valence-electron chi connectivity index (χ2n) is 11.2. The largest absolute Gasteiger partial charge is 0.494 e. The molecular weight excluding hydrogens is 622 g/mol. The summed E-state index contributed by atoms with van der Waals surface area (Å²) in [6, 6.07) is 30.1. The molecule has 0 fully saturated rings. The molecule has 0 saturated heterocycles. The van der Waals surface area contributed by atoms with Crippen molar-refractivity contribution in [3.63, 3.8) is 0 Å². The van der Waals surface area contributed by atoms with Gasteiger partial charge in [-0.15, -0.1) is 0 Å². The maximum Gasteiger partial charge on any atom is 0.264 e. The van der Waals surface area contributed by atoms with Crippen molar-refractivity contribution in [2.45, 2.75) is 44.7 Å². The minimum absolute atomic E-state index is 0.00682. The lowest BCUT2D eigenvalue weighted by Crippen LogP contribution is -2.53. The highest BCUT2D eigenvalue weighted by Crippen LogP contribution is 2.26. The van der Waals surface area contributed by atoms with Crippen LogP contribution in [0.2, 0.25) is 5.02 Å². The zero-order valence-electron chi connectivity index (χ0n) is 26.3. The summed E-state index contributed by atoms with van der Waals surface area (Å²) in [6.07, 6.45) is 0.237. The van der Waals surface area contributed by atoms with Gasteiger partial charge in [-0.1, -0.05) is 86.1 Å². The first-order valence-electron chi connectivity index (χ1n) is 15.2. The van der Waals surface area contributed by atoms with Gasteiger partial charge in [0.2, 0.25) is 11.8 Å². The van der Waals surface area contributed by atoms with Crippen LogP contribution in [0.15, 0.2) is 114 Å². The average molecular weight is 662 g/mol. The minimum atomic E-state index is -4.21. The predicted molar refractivity (Wildman–Crippen MR) is 182 cm³/mol. The van der Waals surface area contributed by atoms with Crippen molar-refractivity contribution in [3.8, 4) is 5.75 Å². The summed E-state index contributed by atoms with van der Waals surface area (Å²) in [4.78, 5) is 29.8. The summed E-state index contributed by atoms with van der Waals surface area (Å²) in [7, 11) is -4.21. The molecule has 0 aliphatic heterocycles. The van der Waals surface area contributed by atoms with E-state index >= 15 is 0 Å². The summed E-state index contributed by atoms with van der Waals surface area (Å²) in [5.41, 5.74) is 1.93. The number of carbonyl (C=O) groups excluding carboxylic acids is 2. The van der Waals surface area contributed by atoms with E-state index in [1.54, 1.807) is 66.7 Å². The number of halogens is 1. The second-order valence-corrected chi connectivity index (χ2v) is 13.5. The third-order valence-electron chi connectivity index (χ3n) is 7.27. The van der Waals surface area contributed by atoms with Gasteiger partial charge in [0.05, 0.1) is 17.2 Å². The second kappa shape index (κ2) is 16.3. The Hall–Kier alpha value is -4.34. The van der Waals surface area contributed by atoms with Crippen molar-refractivity contribution in [1.82, 2.24) is 10.2 Å². The molecular formula is C36H40ClN3O5S. The van der Waals surface area contributed by atoms with Crippen LogP contribution < -0.4 is 14.4 Å². The first-order chi connectivity index (χ1) is 22.1. The number of amides is 2. The number of anilines is 1. The van der Waals surface area contributed by atoms with Gasteiger partial charge in [-0.25, -0.2) is 8.42 Å². The van der Waals surface area contributed by atoms with Crippen LogP contribution in [-0.4, -0.2) is 50.9 Å². The number of carbonyl (C=O) groups is 2. The molecule has 0 bridgehead atoms. The number of hydrogen-bond donors (Lipinski definition) is 1. The van der Waals surface area contributed by atoms with Crippen molar-refractivity contribution in [3.05, 3.63) is 125 Å². The highest BCUT2D eigenvalue weighted by Gasteiger charge is 2.34.